The average molecular weight is 412 g/mol. The van der Waals surface area contributed by atoms with Gasteiger partial charge in [-0.1, -0.05) is 6.92 Å². The summed E-state index contributed by atoms with van der Waals surface area (Å²) in [4.78, 5) is 23.0. The highest BCUT2D eigenvalue weighted by Gasteiger charge is 2.33. The minimum absolute atomic E-state index is 0.165. The molecule has 0 spiro atoms. The first-order chi connectivity index (χ1) is 14.5. The molecule has 3 heterocycles. The van der Waals surface area contributed by atoms with Gasteiger partial charge in [-0.05, 0) is 24.6 Å². The maximum atomic E-state index is 13.3. The van der Waals surface area contributed by atoms with E-state index in [4.69, 9.17) is 4.74 Å². The number of rotatable bonds is 6. The largest absolute Gasteiger partial charge is 0.487 e. The third-order valence-corrected chi connectivity index (χ3v) is 4.56. The summed E-state index contributed by atoms with van der Waals surface area (Å²) in [6.45, 7) is 2.79. The van der Waals surface area contributed by atoms with E-state index in [0.29, 0.717) is 31.0 Å². The number of amides is 1. The van der Waals surface area contributed by atoms with Crippen LogP contribution in [-0.2, 0) is 6.42 Å². The summed E-state index contributed by atoms with van der Waals surface area (Å²) in [7, 11) is 0. The molecule has 8 nitrogen and oxygen atoms in total. The second-order valence-electron chi connectivity index (χ2n) is 6.69. The minimum atomic E-state index is -0.964. The molecule has 1 amide bonds. The number of hydrogen-bond acceptors (Lipinski definition) is 7. The molecule has 0 aliphatic carbocycles. The van der Waals surface area contributed by atoms with E-state index in [2.05, 4.69) is 25.5 Å². The van der Waals surface area contributed by atoms with Crippen LogP contribution in [0.1, 0.15) is 23.1 Å². The van der Waals surface area contributed by atoms with Gasteiger partial charge >= 0.3 is 0 Å². The van der Waals surface area contributed by atoms with E-state index in [9.17, 15) is 13.6 Å². The number of anilines is 2. The van der Waals surface area contributed by atoms with Gasteiger partial charge in [-0.3, -0.25) is 4.79 Å². The lowest BCUT2D eigenvalue weighted by Crippen LogP contribution is -2.54. The highest BCUT2D eigenvalue weighted by molar-refractivity contribution is 6.06. The molecule has 1 aliphatic heterocycles. The standard InChI is InChI=1S/C20H18F2N6O2/c1-2-12-7-13(9-25-27-12)26-20(29)18-19(24-6-5-23-18)28-10-15(11-28)30-14-3-4-16(21)17(22)8-14/h3-9,15H,2,10-11H2,1H3,(H,26,27,29). The van der Waals surface area contributed by atoms with Crippen LogP contribution < -0.4 is 15.0 Å². The van der Waals surface area contributed by atoms with Gasteiger partial charge in [0.25, 0.3) is 5.91 Å². The van der Waals surface area contributed by atoms with Crippen LogP contribution in [0.5, 0.6) is 5.75 Å². The van der Waals surface area contributed by atoms with Crippen molar-refractivity contribution in [3.63, 3.8) is 0 Å². The Morgan fingerprint density at radius 3 is 2.77 bits per heavy atom. The highest BCUT2D eigenvalue weighted by atomic mass is 19.2. The fourth-order valence-electron chi connectivity index (χ4n) is 2.99. The molecular formula is C20H18F2N6O2. The summed E-state index contributed by atoms with van der Waals surface area (Å²) in [6.07, 6.45) is 4.85. The van der Waals surface area contributed by atoms with Gasteiger partial charge in [0.15, 0.2) is 23.1 Å². The predicted molar refractivity (Wildman–Crippen MR) is 104 cm³/mol. The van der Waals surface area contributed by atoms with Gasteiger partial charge in [0.05, 0.1) is 30.7 Å². The zero-order valence-corrected chi connectivity index (χ0v) is 16.0. The van der Waals surface area contributed by atoms with Crippen molar-refractivity contribution in [1.29, 1.82) is 0 Å². The third kappa shape index (κ3) is 4.17. The molecule has 2 aromatic heterocycles. The Morgan fingerprint density at radius 2 is 2.00 bits per heavy atom. The third-order valence-electron chi connectivity index (χ3n) is 4.56. The molecule has 0 radical (unpaired) electrons. The SMILES string of the molecule is CCc1cc(NC(=O)c2nccnc2N2CC(Oc3ccc(F)c(F)c3)C2)cnn1. The van der Waals surface area contributed by atoms with Crippen LogP contribution in [0.25, 0.3) is 0 Å². The Hall–Kier alpha value is -3.69. The van der Waals surface area contributed by atoms with Crippen molar-refractivity contribution in [2.24, 2.45) is 0 Å². The lowest BCUT2D eigenvalue weighted by molar-refractivity contribution is 0.102. The highest BCUT2D eigenvalue weighted by Crippen LogP contribution is 2.26. The molecule has 1 aliphatic rings. The number of hydrogen-bond donors (Lipinski definition) is 1. The summed E-state index contributed by atoms with van der Waals surface area (Å²) in [5, 5.41) is 10.6. The molecule has 1 fully saturated rings. The first kappa shape index (κ1) is 19.6. The van der Waals surface area contributed by atoms with E-state index in [1.54, 1.807) is 6.07 Å². The Balaban J connectivity index is 1.42. The van der Waals surface area contributed by atoms with Crippen molar-refractivity contribution >= 4 is 17.4 Å². The first-order valence-corrected chi connectivity index (χ1v) is 9.34. The van der Waals surface area contributed by atoms with Crippen LogP contribution in [0.3, 0.4) is 0 Å². The lowest BCUT2D eigenvalue weighted by atomic mass is 10.1. The molecular weight excluding hydrogens is 394 g/mol. The molecule has 154 valence electrons. The minimum Gasteiger partial charge on any atom is -0.487 e. The van der Waals surface area contributed by atoms with E-state index in [-0.39, 0.29) is 17.5 Å². The molecule has 1 N–H and O–H groups in total. The first-order valence-electron chi connectivity index (χ1n) is 9.34. The van der Waals surface area contributed by atoms with Crippen molar-refractivity contribution in [3.05, 3.63) is 65.9 Å². The van der Waals surface area contributed by atoms with Crippen molar-refractivity contribution in [2.45, 2.75) is 19.4 Å². The topological polar surface area (TPSA) is 93.1 Å². The number of carbonyl (C=O) groups is 1. The summed E-state index contributed by atoms with van der Waals surface area (Å²) in [6, 6.07) is 5.14. The van der Waals surface area contributed by atoms with E-state index >= 15 is 0 Å². The van der Waals surface area contributed by atoms with Crippen molar-refractivity contribution in [3.8, 4) is 5.75 Å². The van der Waals surface area contributed by atoms with Gasteiger partial charge < -0.3 is 15.0 Å². The Labute approximate surface area is 170 Å². The molecule has 0 unspecified atom stereocenters. The second-order valence-corrected chi connectivity index (χ2v) is 6.69. The van der Waals surface area contributed by atoms with Crippen LogP contribution in [0.2, 0.25) is 0 Å². The van der Waals surface area contributed by atoms with Gasteiger partial charge in [-0.15, -0.1) is 0 Å². The number of aryl methyl sites for hydroxylation is 1. The zero-order chi connectivity index (χ0) is 21.1. The number of benzene rings is 1. The van der Waals surface area contributed by atoms with Crippen LogP contribution in [0, 0.1) is 11.6 Å². The van der Waals surface area contributed by atoms with Crippen molar-refractivity contribution in [1.82, 2.24) is 20.2 Å². The zero-order valence-electron chi connectivity index (χ0n) is 16.0. The molecule has 4 rings (SSSR count). The summed E-state index contributed by atoms with van der Waals surface area (Å²) >= 11 is 0. The van der Waals surface area contributed by atoms with Gasteiger partial charge in [0.1, 0.15) is 11.9 Å². The molecule has 30 heavy (non-hydrogen) atoms. The maximum absolute atomic E-state index is 13.3. The normalized spacial score (nSPS) is 13.6. The molecule has 1 aromatic carbocycles. The number of halogens is 2. The number of nitrogens with one attached hydrogen (secondary N) is 1. The van der Waals surface area contributed by atoms with Gasteiger partial charge in [0.2, 0.25) is 0 Å². The number of carbonyl (C=O) groups excluding carboxylic acids is 1. The van der Waals surface area contributed by atoms with Crippen molar-refractivity contribution < 1.29 is 18.3 Å². The predicted octanol–water partition coefficient (Wildman–Crippen LogP) is 2.63. The number of aromatic nitrogens is 4. The van der Waals surface area contributed by atoms with E-state index in [0.717, 1.165) is 17.8 Å². The molecule has 0 saturated carbocycles. The Morgan fingerprint density at radius 1 is 1.20 bits per heavy atom. The molecule has 1 saturated heterocycles. The van der Waals surface area contributed by atoms with Gasteiger partial charge in [0, 0.05) is 18.5 Å². The second kappa shape index (κ2) is 8.36. The lowest BCUT2D eigenvalue weighted by Gasteiger charge is -2.40. The number of nitrogens with zero attached hydrogens (tertiary/aromatic N) is 5. The summed E-state index contributed by atoms with van der Waals surface area (Å²) in [5.74, 6) is -1.65. The van der Waals surface area contributed by atoms with E-state index < -0.39 is 17.5 Å². The van der Waals surface area contributed by atoms with Gasteiger partial charge in [-0.25, -0.2) is 18.7 Å². The maximum Gasteiger partial charge on any atom is 0.278 e. The van der Waals surface area contributed by atoms with Crippen LogP contribution in [0.15, 0.2) is 42.9 Å². The fourth-order valence-corrected chi connectivity index (χ4v) is 2.99. The molecule has 3 aromatic rings. The Bertz CT molecular complexity index is 1070. The average Bonchev–Trinajstić information content (AvgIpc) is 2.73. The summed E-state index contributed by atoms with van der Waals surface area (Å²) in [5.41, 5.74) is 1.44. The molecule has 0 atom stereocenters. The quantitative estimate of drug-likeness (QED) is 0.665. The molecule has 0 bridgehead atoms. The van der Waals surface area contributed by atoms with Crippen LogP contribution in [-0.4, -0.2) is 45.3 Å². The summed E-state index contributed by atoms with van der Waals surface area (Å²) < 4.78 is 32.0. The molecule has 10 heteroatoms. The smallest absolute Gasteiger partial charge is 0.278 e. The van der Waals surface area contributed by atoms with Crippen LogP contribution >= 0.6 is 0 Å². The van der Waals surface area contributed by atoms with Crippen LogP contribution in [0.4, 0.5) is 20.3 Å². The van der Waals surface area contributed by atoms with Crippen molar-refractivity contribution in [2.75, 3.05) is 23.3 Å². The fraction of sp³-hybridized carbons (Fsp3) is 0.250. The van der Waals surface area contributed by atoms with Gasteiger partial charge in [-0.2, -0.15) is 10.2 Å². The monoisotopic (exact) mass is 412 g/mol. The number of ether oxygens (including phenoxy) is 1. The Kier molecular flexibility index (Phi) is 5.46. The van der Waals surface area contributed by atoms with E-state index in [1.165, 1.54) is 24.7 Å². The van der Waals surface area contributed by atoms with E-state index in [1.807, 2.05) is 11.8 Å².